The summed E-state index contributed by atoms with van der Waals surface area (Å²) in [4.78, 5) is 30.8. The van der Waals surface area contributed by atoms with Gasteiger partial charge in [-0.25, -0.2) is 4.68 Å². The molecule has 0 saturated carbocycles. The van der Waals surface area contributed by atoms with Gasteiger partial charge in [0, 0.05) is 35.4 Å². The summed E-state index contributed by atoms with van der Waals surface area (Å²) < 4.78 is 1.86. The van der Waals surface area contributed by atoms with Crippen molar-refractivity contribution in [2.24, 2.45) is 0 Å². The Hall–Kier alpha value is -4.00. The Kier molecular flexibility index (Phi) is 6.31. The maximum atomic E-state index is 13.9. The van der Waals surface area contributed by atoms with Gasteiger partial charge in [-0.3, -0.25) is 9.59 Å². The van der Waals surface area contributed by atoms with Crippen molar-refractivity contribution in [3.63, 3.8) is 0 Å². The normalized spacial score (nSPS) is 17.3. The Bertz CT molecular complexity index is 1410. The van der Waals surface area contributed by atoms with E-state index in [0.29, 0.717) is 23.9 Å². The van der Waals surface area contributed by atoms with Crippen molar-refractivity contribution in [2.75, 3.05) is 9.80 Å². The van der Waals surface area contributed by atoms with Crippen LogP contribution in [0.4, 0.5) is 11.4 Å². The zero-order chi connectivity index (χ0) is 25.4. The van der Waals surface area contributed by atoms with E-state index in [-0.39, 0.29) is 29.9 Å². The number of benzene rings is 3. The lowest BCUT2D eigenvalue weighted by atomic mass is 9.89. The predicted molar refractivity (Wildman–Crippen MR) is 142 cm³/mol. The predicted octanol–water partition coefficient (Wildman–Crippen LogP) is 5.94. The molecule has 7 nitrogen and oxygen atoms in total. The smallest absolute Gasteiger partial charge is 0.258 e. The molecular formula is C29H31N5O2. The molecule has 5 rings (SSSR count). The first-order valence-corrected chi connectivity index (χ1v) is 12.5. The van der Waals surface area contributed by atoms with Gasteiger partial charge in [0.05, 0.1) is 11.6 Å². The minimum Gasteiger partial charge on any atom is -0.305 e. The molecule has 2 amide bonds. The van der Waals surface area contributed by atoms with Crippen molar-refractivity contribution in [2.45, 2.75) is 58.7 Å². The number of carbonyl (C=O) groups excluding carboxylic acids is 2. The number of nitrogens with zero attached hydrogens (tertiary/aromatic N) is 5. The van der Waals surface area contributed by atoms with E-state index in [1.165, 1.54) is 0 Å². The summed E-state index contributed by atoms with van der Waals surface area (Å²) in [6.45, 7) is 8.04. The van der Waals surface area contributed by atoms with E-state index in [1.54, 1.807) is 0 Å². The van der Waals surface area contributed by atoms with E-state index in [9.17, 15) is 9.59 Å². The van der Waals surface area contributed by atoms with Crippen molar-refractivity contribution < 1.29 is 9.59 Å². The van der Waals surface area contributed by atoms with Crippen molar-refractivity contribution in [1.29, 1.82) is 0 Å². The Morgan fingerprint density at radius 3 is 2.47 bits per heavy atom. The van der Waals surface area contributed by atoms with Gasteiger partial charge in [-0.15, -0.1) is 5.10 Å². The first-order chi connectivity index (χ1) is 17.4. The highest BCUT2D eigenvalue weighted by atomic mass is 16.2. The molecule has 0 fully saturated rings. The highest BCUT2D eigenvalue weighted by molar-refractivity contribution is 6.09. The van der Waals surface area contributed by atoms with Crippen LogP contribution in [0.5, 0.6) is 0 Å². The Morgan fingerprint density at radius 1 is 1.03 bits per heavy atom. The fourth-order valence-electron chi connectivity index (χ4n) is 5.19. The number of anilines is 2. The number of hydrogen-bond donors (Lipinski definition) is 0. The molecule has 0 N–H and O–H groups in total. The topological polar surface area (TPSA) is 71.3 Å². The van der Waals surface area contributed by atoms with Crippen LogP contribution in [0.1, 0.15) is 68.5 Å². The summed E-state index contributed by atoms with van der Waals surface area (Å²) in [6.07, 6.45) is 1.04. The number of aromatic nitrogens is 3. The lowest BCUT2D eigenvalue weighted by molar-refractivity contribution is -0.118. The van der Waals surface area contributed by atoms with Gasteiger partial charge >= 0.3 is 0 Å². The van der Waals surface area contributed by atoms with Crippen molar-refractivity contribution in [1.82, 2.24) is 15.0 Å². The van der Waals surface area contributed by atoms with Gasteiger partial charge in [-0.2, -0.15) is 0 Å². The zero-order valence-corrected chi connectivity index (χ0v) is 21.1. The van der Waals surface area contributed by atoms with Gasteiger partial charge < -0.3 is 9.80 Å². The van der Waals surface area contributed by atoms with Gasteiger partial charge in [0.25, 0.3) is 5.91 Å². The number of carbonyl (C=O) groups is 2. The van der Waals surface area contributed by atoms with Gasteiger partial charge in [0.15, 0.2) is 0 Å². The Morgan fingerprint density at radius 2 is 1.75 bits per heavy atom. The third kappa shape index (κ3) is 4.04. The minimum absolute atomic E-state index is 0.0617. The molecule has 0 unspecified atom stereocenters. The molecule has 0 bridgehead atoms. The van der Waals surface area contributed by atoms with Crippen molar-refractivity contribution in [3.8, 4) is 0 Å². The second kappa shape index (κ2) is 9.57. The molecule has 2 atom stereocenters. The molecule has 1 aliphatic heterocycles. The molecule has 3 aromatic carbocycles. The van der Waals surface area contributed by atoms with Crippen LogP contribution in [0.3, 0.4) is 0 Å². The molecule has 184 valence electrons. The summed E-state index contributed by atoms with van der Waals surface area (Å²) in [5, 5.41) is 8.53. The summed E-state index contributed by atoms with van der Waals surface area (Å²) in [7, 11) is 0. The van der Waals surface area contributed by atoms with Crippen LogP contribution in [-0.4, -0.2) is 32.9 Å². The number of para-hydroxylation sites is 2. The van der Waals surface area contributed by atoms with Crippen LogP contribution in [0, 0.1) is 0 Å². The van der Waals surface area contributed by atoms with Crippen LogP contribution in [-0.2, 0) is 4.79 Å². The van der Waals surface area contributed by atoms with Crippen LogP contribution in [0.2, 0.25) is 0 Å². The second-order valence-electron chi connectivity index (χ2n) is 9.62. The van der Waals surface area contributed by atoms with Gasteiger partial charge in [-0.1, -0.05) is 48.5 Å². The van der Waals surface area contributed by atoms with Gasteiger partial charge in [0.2, 0.25) is 5.91 Å². The lowest BCUT2D eigenvalue weighted by Gasteiger charge is -2.43. The molecule has 1 aromatic heterocycles. The van der Waals surface area contributed by atoms with E-state index >= 15 is 0 Å². The van der Waals surface area contributed by atoms with Gasteiger partial charge in [-0.05, 0) is 69.2 Å². The molecule has 0 spiro atoms. The highest BCUT2D eigenvalue weighted by Crippen LogP contribution is 2.43. The molecule has 0 saturated heterocycles. The minimum atomic E-state index is -0.163. The van der Waals surface area contributed by atoms with Crippen molar-refractivity contribution in [3.05, 3.63) is 83.9 Å². The Balaban J connectivity index is 1.55. The summed E-state index contributed by atoms with van der Waals surface area (Å²) in [6, 6.07) is 23.2. The molecule has 2 heterocycles. The maximum Gasteiger partial charge on any atom is 0.258 e. The average Bonchev–Trinajstić information content (AvgIpc) is 3.33. The second-order valence-corrected chi connectivity index (χ2v) is 9.62. The lowest BCUT2D eigenvalue weighted by Crippen LogP contribution is -2.47. The third-order valence-corrected chi connectivity index (χ3v) is 6.90. The van der Waals surface area contributed by atoms with Crippen LogP contribution in [0.25, 0.3) is 11.0 Å². The number of hydrogen-bond acceptors (Lipinski definition) is 4. The molecule has 4 aromatic rings. The van der Waals surface area contributed by atoms with E-state index in [1.807, 2.05) is 101 Å². The molecular weight excluding hydrogens is 450 g/mol. The fourth-order valence-corrected chi connectivity index (χ4v) is 5.19. The fraction of sp³-hybridized carbons (Fsp3) is 0.310. The van der Waals surface area contributed by atoms with Crippen LogP contribution >= 0.6 is 0 Å². The third-order valence-electron chi connectivity index (χ3n) is 6.90. The number of rotatable bonds is 5. The summed E-state index contributed by atoms with van der Waals surface area (Å²) in [5.74, 6) is -0.0193. The van der Waals surface area contributed by atoms with E-state index in [2.05, 4.69) is 24.2 Å². The number of fused-ring (bicyclic) bond motifs is 2. The quantitative estimate of drug-likeness (QED) is 0.354. The first-order valence-electron chi connectivity index (χ1n) is 12.5. The van der Waals surface area contributed by atoms with E-state index in [0.717, 1.165) is 22.5 Å². The molecule has 1 aliphatic rings. The molecule has 7 heteroatoms. The molecule has 0 radical (unpaired) electrons. The van der Waals surface area contributed by atoms with Crippen LogP contribution < -0.4 is 9.80 Å². The van der Waals surface area contributed by atoms with Gasteiger partial charge in [0.1, 0.15) is 5.52 Å². The maximum absolute atomic E-state index is 13.9. The first kappa shape index (κ1) is 23.7. The SMILES string of the molecule is CCC(=O)N(c1ccccc1)[C@H]1C[C@@H](C)N(C(=O)c2ccc3c(c2)nnn3C(C)C)c2ccccc21. The summed E-state index contributed by atoms with van der Waals surface area (Å²) in [5.41, 5.74) is 4.86. The monoisotopic (exact) mass is 481 g/mol. The number of amides is 2. The standard InChI is InChI=1S/C29H31N5O2/c1-5-28(35)33(22-11-7-6-8-12-22)27-17-20(4)32(25-14-10-9-13-23(25)27)29(36)21-15-16-26-24(18-21)30-31-34(26)19(2)3/h6-16,18-20,27H,5,17H2,1-4H3/t20-,27+/m1/s1. The zero-order valence-electron chi connectivity index (χ0n) is 21.1. The summed E-state index contributed by atoms with van der Waals surface area (Å²) >= 11 is 0. The molecule has 36 heavy (non-hydrogen) atoms. The largest absolute Gasteiger partial charge is 0.305 e. The highest BCUT2D eigenvalue weighted by Gasteiger charge is 2.38. The van der Waals surface area contributed by atoms with Crippen molar-refractivity contribution >= 4 is 34.2 Å². The van der Waals surface area contributed by atoms with E-state index < -0.39 is 0 Å². The molecule has 0 aliphatic carbocycles. The van der Waals surface area contributed by atoms with Crippen LogP contribution in [0.15, 0.2) is 72.8 Å². The van der Waals surface area contributed by atoms with E-state index in [4.69, 9.17) is 0 Å². The Labute approximate surface area is 211 Å². The average molecular weight is 482 g/mol.